The second-order valence-corrected chi connectivity index (χ2v) is 3.43. The highest BCUT2D eigenvalue weighted by Crippen LogP contribution is 2.29. The van der Waals surface area contributed by atoms with Gasteiger partial charge in [0.15, 0.2) is 0 Å². The minimum absolute atomic E-state index is 0. The summed E-state index contributed by atoms with van der Waals surface area (Å²) in [5.41, 5.74) is 6.13. The molecule has 0 amide bonds. The number of aryl methyl sites for hydroxylation is 1. The lowest BCUT2D eigenvalue weighted by Gasteiger charge is -2.16. The van der Waals surface area contributed by atoms with Crippen molar-refractivity contribution in [3.8, 4) is 0 Å². The average Bonchev–Trinajstić information content (AvgIpc) is 2.06. The molecule has 0 heterocycles. The summed E-state index contributed by atoms with van der Waals surface area (Å²) in [5, 5.41) is 0. The summed E-state index contributed by atoms with van der Waals surface area (Å²) in [6.45, 7) is 1.60. The number of nitrogens with two attached hydrogens (primary N) is 1. The maximum absolute atomic E-state index is 12.8. The molecular formula is C10H12ClF4N. The minimum Gasteiger partial charge on any atom is -0.324 e. The van der Waals surface area contributed by atoms with Crippen molar-refractivity contribution in [1.29, 1.82) is 0 Å². The number of hydrogen-bond donors (Lipinski definition) is 1. The van der Waals surface area contributed by atoms with Gasteiger partial charge in [-0.05, 0) is 30.2 Å². The molecule has 92 valence electrons. The van der Waals surface area contributed by atoms with Gasteiger partial charge in [-0.25, -0.2) is 4.39 Å². The van der Waals surface area contributed by atoms with Crippen molar-refractivity contribution in [3.63, 3.8) is 0 Å². The molecule has 0 unspecified atom stereocenters. The van der Waals surface area contributed by atoms with Crippen molar-refractivity contribution in [1.82, 2.24) is 0 Å². The van der Waals surface area contributed by atoms with Crippen LogP contribution in [0.1, 0.15) is 23.6 Å². The highest BCUT2D eigenvalue weighted by molar-refractivity contribution is 5.85. The van der Waals surface area contributed by atoms with E-state index in [-0.39, 0.29) is 18.0 Å². The molecule has 0 spiro atoms. The average molecular weight is 258 g/mol. The Kier molecular flexibility index (Phi) is 5.22. The first-order valence-electron chi connectivity index (χ1n) is 4.38. The normalized spacial score (nSPS) is 13.1. The molecule has 0 saturated carbocycles. The van der Waals surface area contributed by atoms with Gasteiger partial charge in [0.25, 0.3) is 0 Å². The molecule has 16 heavy (non-hydrogen) atoms. The SMILES string of the molecule is Cc1ccc(F)cc1[C@@H](N)CC(F)(F)F.Cl. The zero-order valence-corrected chi connectivity index (χ0v) is 9.33. The quantitative estimate of drug-likeness (QED) is 0.806. The summed E-state index contributed by atoms with van der Waals surface area (Å²) in [6.07, 6.45) is -5.48. The Morgan fingerprint density at radius 3 is 2.38 bits per heavy atom. The van der Waals surface area contributed by atoms with E-state index in [1.807, 2.05) is 0 Å². The van der Waals surface area contributed by atoms with E-state index >= 15 is 0 Å². The molecule has 0 saturated heterocycles. The molecule has 1 aromatic carbocycles. The highest BCUT2D eigenvalue weighted by atomic mass is 35.5. The molecule has 1 rings (SSSR count). The van der Waals surface area contributed by atoms with E-state index in [2.05, 4.69) is 0 Å². The zero-order chi connectivity index (χ0) is 11.6. The Bertz CT molecular complexity index is 351. The number of benzene rings is 1. The fourth-order valence-corrected chi connectivity index (χ4v) is 1.37. The summed E-state index contributed by atoms with van der Waals surface area (Å²) in [7, 11) is 0. The van der Waals surface area contributed by atoms with Gasteiger partial charge in [-0.1, -0.05) is 6.07 Å². The predicted octanol–water partition coefficient (Wildman–Crippen LogP) is 3.51. The zero-order valence-electron chi connectivity index (χ0n) is 8.51. The van der Waals surface area contributed by atoms with Crippen LogP contribution in [-0.4, -0.2) is 6.18 Å². The lowest BCUT2D eigenvalue weighted by molar-refractivity contribution is -0.138. The predicted molar refractivity (Wildman–Crippen MR) is 56.0 cm³/mol. The molecule has 0 fully saturated rings. The summed E-state index contributed by atoms with van der Waals surface area (Å²) < 4.78 is 49.0. The number of alkyl halides is 3. The van der Waals surface area contributed by atoms with Crippen LogP contribution in [0.15, 0.2) is 18.2 Å². The van der Waals surface area contributed by atoms with Gasteiger partial charge < -0.3 is 5.73 Å². The van der Waals surface area contributed by atoms with Crippen molar-refractivity contribution in [2.24, 2.45) is 5.73 Å². The molecule has 0 aliphatic heterocycles. The van der Waals surface area contributed by atoms with Crippen molar-refractivity contribution in [2.45, 2.75) is 25.6 Å². The lowest BCUT2D eigenvalue weighted by Crippen LogP contribution is -2.21. The number of hydrogen-bond acceptors (Lipinski definition) is 1. The van der Waals surface area contributed by atoms with Crippen molar-refractivity contribution in [2.75, 3.05) is 0 Å². The maximum atomic E-state index is 12.8. The summed E-state index contributed by atoms with van der Waals surface area (Å²) in [6, 6.07) is 2.45. The molecule has 0 aliphatic carbocycles. The fraction of sp³-hybridized carbons (Fsp3) is 0.400. The van der Waals surface area contributed by atoms with Gasteiger partial charge in [0.2, 0.25) is 0 Å². The summed E-state index contributed by atoms with van der Waals surface area (Å²) in [4.78, 5) is 0. The van der Waals surface area contributed by atoms with Crippen LogP contribution in [0.2, 0.25) is 0 Å². The van der Waals surface area contributed by atoms with Crippen LogP contribution in [0.5, 0.6) is 0 Å². The second kappa shape index (κ2) is 5.50. The van der Waals surface area contributed by atoms with Crippen LogP contribution in [0, 0.1) is 12.7 Å². The van der Waals surface area contributed by atoms with Crippen LogP contribution < -0.4 is 5.73 Å². The van der Waals surface area contributed by atoms with E-state index in [1.54, 1.807) is 6.92 Å². The van der Waals surface area contributed by atoms with Crippen LogP contribution >= 0.6 is 12.4 Å². The van der Waals surface area contributed by atoms with Gasteiger partial charge >= 0.3 is 6.18 Å². The Labute approximate surface area is 97.0 Å². The lowest BCUT2D eigenvalue weighted by atomic mass is 9.99. The van der Waals surface area contributed by atoms with E-state index in [0.717, 1.165) is 6.07 Å². The molecule has 0 aliphatic rings. The van der Waals surface area contributed by atoms with Crippen LogP contribution in [0.25, 0.3) is 0 Å². The number of halogens is 5. The minimum atomic E-state index is -4.34. The van der Waals surface area contributed by atoms with E-state index in [9.17, 15) is 17.6 Å². The van der Waals surface area contributed by atoms with Gasteiger partial charge in [0.1, 0.15) is 5.82 Å². The highest BCUT2D eigenvalue weighted by Gasteiger charge is 2.31. The summed E-state index contributed by atoms with van der Waals surface area (Å²) >= 11 is 0. The largest absolute Gasteiger partial charge is 0.390 e. The Morgan fingerprint density at radius 1 is 1.31 bits per heavy atom. The topological polar surface area (TPSA) is 26.0 Å². The third-order valence-corrected chi connectivity index (χ3v) is 2.09. The molecule has 0 aromatic heterocycles. The third-order valence-electron chi connectivity index (χ3n) is 2.09. The van der Waals surface area contributed by atoms with E-state index in [1.165, 1.54) is 12.1 Å². The van der Waals surface area contributed by atoms with Crippen molar-refractivity contribution in [3.05, 3.63) is 35.1 Å². The molecule has 1 atom stereocenters. The van der Waals surface area contributed by atoms with Gasteiger partial charge in [-0.15, -0.1) is 12.4 Å². The fourth-order valence-electron chi connectivity index (χ4n) is 1.37. The maximum Gasteiger partial charge on any atom is 0.390 e. The molecule has 1 nitrogen and oxygen atoms in total. The van der Waals surface area contributed by atoms with Crippen molar-refractivity contribution < 1.29 is 17.6 Å². The first-order chi connectivity index (χ1) is 6.79. The van der Waals surface area contributed by atoms with E-state index in [0.29, 0.717) is 5.56 Å². The van der Waals surface area contributed by atoms with Crippen LogP contribution in [0.3, 0.4) is 0 Å². The Balaban J connectivity index is 0.00000225. The van der Waals surface area contributed by atoms with Gasteiger partial charge in [-0.2, -0.15) is 13.2 Å². The number of rotatable bonds is 2. The Morgan fingerprint density at radius 2 is 1.88 bits per heavy atom. The van der Waals surface area contributed by atoms with Crippen LogP contribution in [-0.2, 0) is 0 Å². The van der Waals surface area contributed by atoms with Gasteiger partial charge in [-0.3, -0.25) is 0 Å². The van der Waals surface area contributed by atoms with E-state index in [4.69, 9.17) is 5.73 Å². The molecular weight excluding hydrogens is 246 g/mol. The Hall–Kier alpha value is -0.810. The smallest absolute Gasteiger partial charge is 0.324 e. The van der Waals surface area contributed by atoms with Gasteiger partial charge in [0, 0.05) is 6.04 Å². The molecule has 2 N–H and O–H groups in total. The first-order valence-corrected chi connectivity index (χ1v) is 4.38. The van der Waals surface area contributed by atoms with Crippen molar-refractivity contribution >= 4 is 12.4 Å². The van der Waals surface area contributed by atoms with E-state index < -0.39 is 24.5 Å². The molecule has 0 bridgehead atoms. The summed E-state index contributed by atoms with van der Waals surface area (Å²) in [5.74, 6) is -0.576. The monoisotopic (exact) mass is 257 g/mol. The third kappa shape index (κ3) is 4.37. The molecule has 6 heteroatoms. The standard InChI is InChI=1S/C10H11F4N.ClH/c1-6-2-3-7(11)4-8(6)9(15)5-10(12,13)14;/h2-4,9H,5,15H2,1H3;1H/t9-;/m0./s1. The molecule has 1 aromatic rings. The first kappa shape index (κ1) is 15.2. The van der Waals surface area contributed by atoms with Crippen LogP contribution in [0.4, 0.5) is 17.6 Å². The molecule has 0 radical (unpaired) electrons. The van der Waals surface area contributed by atoms with Gasteiger partial charge in [0.05, 0.1) is 6.42 Å². The second-order valence-electron chi connectivity index (χ2n) is 3.43.